The van der Waals surface area contributed by atoms with Gasteiger partial charge in [0, 0.05) is 0 Å². The topological polar surface area (TPSA) is 38.3 Å². The average molecular weight is 225 g/mol. The van der Waals surface area contributed by atoms with Gasteiger partial charge in [-0.3, -0.25) is 5.32 Å². The molecule has 0 amide bonds. The van der Waals surface area contributed by atoms with Crippen LogP contribution in [0.1, 0.15) is 13.8 Å². The number of ether oxygens (including phenoxy) is 1. The van der Waals surface area contributed by atoms with E-state index >= 15 is 0 Å². The van der Waals surface area contributed by atoms with E-state index in [0.717, 1.165) is 0 Å². The maximum Gasteiger partial charge on any atom is 0.401 e. The van der Waals surface area contributed by atoms with E-state index in [0.29, 0.717) is 0 Å². The molecule has 1 N–H and O–H groups in total. The molecular weight excluding hydrogens is 211 g/mol. The highest BCUT2D eigenvalue weighted by molar-refractivity contribution is 5.79. The van der Waals surface area contributed by atoms with Gasteiger partial charge in [0.1, 0.15) is 6.04 Å². The number of nitrogens with one attached hydrogen (secondary N) is 1. The monoisotopic (exact) mass is 225 g/mol. The molecule has 0 fully saturated rings. The standard InChI is InChI=1S/C9H14F3NO2/c1-4-15-8(14)7(6(2)3)13-5-9(10,11)12/h7,13H,2,4-5H2,1,3H3. The normalized spacial score (nSPS) is 13.4. The SMILES string of the molecule is C=C(C)C(NCC(F)(F)F)C(=O)OCC. The van der Waals surface area contributed by atoms with Crippen LogP contribution in [0.5, 0.6) is 0 Å². The van der Waals surface area contributed by atoms with Crippen LogP contribution in [0.15, 0.2) is 12.2 Å². The van der Waals surface area contributed by atoms with E-state index in [4.69, 9.17) is 0 Å². The number of hydrogen-bond donors (Lipinski definition) is 1. The molecule has 0 aliphatic rings. The summed E-state index contributed by atoms with van der Waals surface area (Å²) in [6.07, 6.45) is -4.36. The third-order valence-electron chi connectivity index (χ3n) is 1.52. The molecular formula is C9H14F3NO2. The van der Waals surface area contributed by atoms with E-state index in [1.165, 1.54) is 6.92 Å². The Morgan fingerprint density at radius 1 is 1.53 bits per heavy atom. The highest BCUT2D eigenvalue weighted by Crippen LogP contribution is 2.13. The molecule has 0 aromatic rings. The number of rotatable bonds is 5. The number of halogens is 3. The summed E-state index contributed by atoms with van der Waals surface area (Å²) >= 11 is 0. The predicted molar refractivity (Wildman–Crippen MR) is 49.3 cm³/mol. The third kappa shape index (κ3) is 6.11. The molecule has 0 spiro atoms. The molecule has 88 valence electrons. The van der Waals surface area contributed by atoms with Gasteiger partial charge >= 0.3 is 12.1 Å². The van der Waals surface area contributed by atoms with Gasteiger partial charge in [-0.15, -0.1) is 0 Å². The Bertz CT molecular complexity index is 238. The zero-order valence-corrected chi connectivity index (χ0v) is 8.65. The minimum absolute atomic E-state index is 0.121. The highest BCUT2D eigenvalue weighted by atomic mass is 19.4. The highest BCUT2D eigenvalue weighted by Gasteiger charge is 2.30. The van der Waals surface area contributed by atoms with Crippen molar-refractivity contribution in [2.45, 2.75) is 26.1 Å². The van der Waals surface area contributed by atoms with Gasteiger partial charge in [-0.25, -0.2) is 4.79 Å². The van der Waals surface area contributed by atoms with Crippen LogP contribution in [-0.4, -0.2) is 31.3 Å². The van der Waals surface area contributed by atoms with Gasteiger partial charge in [-0.2, -0.15) is 13.2 Å². The van der Waals surface area contributed by atoms with Gasteiger partial charge in [0.2, 0.25) is 0 Å². The van der Waals surface area contributed by atoms with E-state index in [2.05, 4.69) is 11.3 Å². The number of alkyl halides is 3. The van der Waals surface area contributed by atoms with Crippen molar-refractivity contribution in [3.05, 3.63) is 12.2 Å². The van der Waals surface area contributed by atoms with Crippen LogP contribution in [0.25, 0.3) is 0 Å². The second kappa shape index (κ2) is 5.75. The van der Waals surface area contributed by atoms with Crippen molar-refractivity contribution >= 4 is 5.97 Å². The molecule has 0 radical (unpaired) electrons. The Morgan fingerprint density at radius 3 is 2.40 bits per heavy atom. The first-order valence-corrected chi connectivity index (χ1v) is 4.40. The lowest BCUT2D eigenvalue weighted by molar-refractivity contribution is -0.147. The summed E-state index contributed by atoms with van der Waals surface area (Å²) in [5.41, 5.74) is 0.290. The second-order valence-corrected chi connectivity index (χ2v) is 3.03. The number of carbonyl (C=O) groups excluding carboxylic acids is 1. The number of hydrogen-bond acceptors (Lipinski definition) is 3. The van der Waals surface area contributed by atoms with Crippen molar-refractivity contribution < 1.29 is 22.7 Å². The summed E-state index contributed by atoms with van der Waals surface area (Å²) in [6.45, 7) is 5.35. The van der Waals surface area contributed by atoms with Gasteiger partial charge in [-0.05, 0) is 13.8 Å². The molecule has 0 saturated heterocycles. The lowest BCUT2D eigenvalue weighted by Gasteiger charge is -2.18. The van der Waals surface area contributed by atoms with E-state index in [1.54, 1.807) is 6.92 Å². The molecule has 0 heterocycles. The van der Waals surface area contributed by atoms with Crippen LogP contribution < -0.4 is 5.32 Å². The first-order valence-electron chi connectivity index (χ1n) is 4.40. The molecule has 0 saturated carbocycles. The van der Waals surface area contributed by atoms with Crippen LogP contribution >= 0.6 is 0 Å². The summed E-state index contributed by atoms with van der Waals surface area (Å²) in [4.78, 5) is 11.2. The Morgan fingerprint density at radius 2 is 2.07 bits per heavy atom. The zero-order chi connectivity index (χ0) is 12.1. The molecule has 0 aromatic carbocycles. The van der Waals surface area contributed by atoms with E-state index < -0.39 is 24.7 Å². The minimum Gasteiger partial charge on any atom is -0.465 e. The lowest BCUT2D eigenvalue weighted by Crippen LogP contribution is -2.43. The van der Waals surface area contributed by atoms with E-state index in [9.17, 15) is 18.0 Å². The molecule has 0 aliphatic carbocycles. The molecule has 3 nitrogen and oxygen atoms in total. The predicted octanol–water partition coefficient (Wildman–Crippen LogP) is 1.65. The first kappa shape index (κ1) is 14.0. The van der Waals surface area contributed by atoms with Crippen molar-refractivity contribution in [1.82, 2.24) is 5.32 Å². The smallest absolute Gasteiger partial charge is 0.401 e. The molecule has 0 rings (SSSR count). The summed E-state index contributed by atoms with van der Waals surface area (Å²) in [7, 11) is 0. The minimum atomic E-state index is -4.36. The van der Waals surface area contributed by atoms with Crippen LogP contribution in [0.2, 0.25) is 0 Å². The van der Waals surface area contributed by atoms with E-state index in [1.807, 2.05) is 5.32 Å². The second-order valence-electron chi connectivity index (χ2n) is 3.03. The van der Waals surface area contributed by atoms with Gasteiger partial charge in [0.05, 0.1) is 13.2 Å². The maximum atomic E-state index is 11.9. The van der Waals surface area contributed by atoms with Crippen molar-refractivity contribution in [3.8, 4) is 0 Å². The summed E-state index contributed by atoms with van der Waals surface area (Å²) in [5, 5.41) is 2.04. The Balaban J connectivity index is 4.29. The molecule has 0 aromatic heterocycles. The Labute approximate surface area is 86.3 Å². The zero-order valence-electron chi connectivity index (χ0n) is 8.65. The number of esters is 1. The van der Waals surface area contributed by atoms with Gasteiger partial charge in [0.15, 0.2) is 0 Å². The fourth-order valence-electron chi connectivity index (χ4n) is 0.902. The number of carbonyl (C=O) groups is 1. The Kier molecular flexibility index (Phi) is 5.35. The van der Waals surface area contributed by atoms with E-state index in [-0.39, 0.29) is 12.2 Å². The molecule has 1 unspecified atom stereocenters. The van der Waals surface area contributed by atoms with Crippen LogP contribution in [0.3, 0.4) is 0 Å². The fourth-order valence-corrected chi connectivity index (χ4v) is 0.902. The van der Waals surface area contributed by atoms with Crippen molar-refractivity contribution in [2.24, 2.45) is 0 Å². The van der Waals surface area contributed by atoms with Gasteiger partial charge < -0.3 is 4.74 Å². The van der Waals surface area contributed by atoms with Gasteiger partial charge in [-0.1, -0.05) is 12.2 Å². The lowest BCUT2D eigenvalue weighted by atomic mass is 10.1. The molecule has 0 bridgehead atoms. The van der Waals surface area contributed by atoms with Crippen molar-refractivity contribution in [3.63, 3.8) is 0 Å². The summed E-state index contributed by atoms with van der Waals surface area (Å²) in [6, 6.07) is -1.11. The van der Waals surface area contributed by atoms with Gasteiger partial charge in [0.25, 0.3) is 0 Å². The summed E-state index contributed by atoms with van der Waals surface area (Å²) < 4.78 is 40.3. The Hall–Kier alpha value is -1.04. The molecule has 15 heavy (non-hydrogen) atoms. The van der Waals surface area contributed by atoms with Crippen molar-refractivity contribution in [2.75, 3.05) is 13.2 Å². The summed E-state index contributed by atoms with van der Waals surface area (Å²) in [5.74, 6) is -0.741. The maximum absolute atomic E-state index is 11.9. The molecule has 1 atom stereocenters. The largest absolute Gasteiger partial charge is 0.465 e. The fraction of sp³-hybridized carbons (Fsp3) is 0.667. The first-order chi connectivity index (χ1) is 6.78. The molecule has 0 aliphatic heterocycles. The van der Waals surface area contributed by atoms with Crippen LogP contribution in [-0.2, 0) is 9.53 Å². The third-order valence-corrected chi connectivity index (χ3v) is 1.52. The average Bonchev–Trinajstić information content (AvgIpc) is 2.01. The van der Waals surface area contributed by atoms with Crippen LogP contribution in [0.4, 0.5) is 13.2 Å². The molecule has 6 heteroatoms. The van der Waals surface area contributed by atoms with Crippen LogP contribution in [0, 0.1) is 0 Å². The quantitative estimate of drug-likeness (QED) is 0.571. The van der Waals surface area contributed by atoms with Crippen molar-refractivity contribution in [1.29, 1.82) is 0 Å².